The second kappa shape index (κ2) is 7.05. The largest absolute Gasteiger partial charge is 0.364 e. The molecule has 3 nitrogen and oxygen atoms in total. The van der Waals surface area contributed by atoms with Crippen LogP contribution in [0.15, 0.2) is 42.7 Å². The van der Waals surface area contributed by atoms with Gasteiger partial charge in [-0.05, 0) is 35.4 Å². The van der Waals surface area contributed by atoms with Gasteiger partial charge in [0.25, 0.3) is 5.92 Å². The summed E-state index contributed by atoms with van der Waals surface area (Å²) in [5, 5.41) is 3.12. The summed E-state index contributed by atoms with van der Waals surface area (Å²) in [5.41, 5.74) is 1.92. The number of nitrogens with zero attached hydrogens (tertiary/aromatic N) is 2. The fourth-order valence-corrected chi connectivity index (χ4v) is 3.53. The molecule has 0 fully saturated rings. The molecule has 8 heteroatoms. The molecule has 0 bridgehead atoms. The van der Waals surface area contributed by atoms with Crippen molar-refractivity contribution in [2.24, 2.45) is 0 Å². The highest BCUT2D eigenvalue weighted by Gasteiger charge is 2.37. The maximum Gasteiger partial charge on any atom is 0.256 e. The molecule has 0 atom stereocenters. The van der Waals surface area contributed by atoms with Crippen LogP contribution in [0.25, 0.3) is 11.3 Å². The third-order valence-electron chi connectivity index (χ3n) is 4.62. The van der Waals surface area contributed by atoms with Crippen molar-refractivity contribution < 1.29 is 17.6 Å². The Morgan fingerprint density at radius 3 is 2.32 bits per heavy atom. The Balaban J connectivity index is 1.53. The maximum absolute atomic E-state index is 13.7. The van der Waals surface area contributed by atoms with Gasteiger partial charge in [-0.1, -0.05) is 17.7 Å². The molecule has 0 radical (unpaired) electrons. The van der Waals surface area contributed by atoms with Crippen molar-refractivity contribution in [3.8, 4) is 11.3 Å². The van der Waals surface area contributed by atoms with Crippen LogP contribution in [-0.2, 0) is 19.4 Å². The van der Waals surface area contributed by atoms with Gasteiger partial charge in [0.1, 0.15) is 17.5 Å². The van der Waals surface area contributed by atoms with E-state index in [9.17, 15) is 17.6 Å². The lowest BCUT2D eigenvalue weighted by Gasteiger charge is -2.10. The number of anilines is 1. The lowest BCUT2D eigenvalue weighted by atomic mass is 10.0. The monoisotopic (exact) mass is 407 g/mol. The molecule has 144 valence electrons. The summed E-state index contributed by atoms with van der Waals surface area (Å²) in [7, 11) is 0. The predicted molar refractivity (Wildman–Crippen MR) is 98.5 cm³/mol. The molecular formula is C20H14ClF4N3. The third kappa shape index (κ3) is 3.67. The number of fused-ring (bicyclic) bond motifs is 1. The van der Waals surface area contributed by atoms with Crippen LogP contribution in [0.4, 0.5) is 23.4 Å². The summed E-state index contributed by atoms with van der Waals surface area (Å²) < 4.78 is 54.5. The van der Waals surface area contributed by atoms with Crippen LogP contribution in [0.1, 0.15) is 16.7 Å². The number of benzene rings is 2. The van der Waals surface area contributed by atoms with E-state index in [-0.39, 0.29) is 24.9 Å². The summed E-state index contributed by atoms with van der Waals surface area (Å²) in [6.45, 7) is -0.0960. The van der Waals surface area contributed by atoms with Crippen LogP contribution in [0.5, 0.6) is 0 Å². The summed E-state index contributed by atoms with van der Waals surface area (Å²) in [4.78, 5) is 8.41. The van der Waals surface area contributed by atoms with Crippen molar-refractivity contribution in [1.82, 2.24) is 9.97 Å². The van der Waals surface area contributed by atoms with Crippen molar-refractivity contribution in [2.45, 2.75) is 25.3 Å². The zero-order valence-electron chi connectivity index (χ0n) is 14.4. The van der Waals surface area contributed by atoms with E-state index in [0.29, 0.717) is 33.2 Å². The predicted octanol–water partition coefficient (Wildman–Crippen LogP) is 5.42. The van der Waals surface area contributed by atoms with Crippen LogP contribution in [0.3, 0.4) is 0 Å². The van der Waals surface area contributed by atoms with Gasteiger partial charge in [-0.25, -0.2) is 22.5 Å². The SMILES string of the molecule is Fc1cccc(F)c1CNc1cnc(-c2cc3c(cc2Cl)CC(F)(F)C3)cn1. The number of nitrogens with one attached hydrogen (secondary N) is 1. The van der Waals surface area contributed by atoms with Crippen molar-refractivity contribution in [3.63, 3.8) is 0 Å². The first-order valence-electron chi connectivity index (χ1n) is 8.51. The lowest BCUT2D eigenvalue weighted by molar-refractivity contribution is 0.0130. The van der Waals surface area contributed by atoms with E-state index in [4.69, 9.17) is 11.6 Å². The summed E-state index contributed by atoms with van der Waals surface area (Å²) in [6.07, 6.45) is 2.18. The Morgan fingerprint density at radius 2 is 1.68 bits per heavy atom. The second-order valence-electron chi connectivity index (χ2n) is 6.65. The Hall–Kier alpha value is -2.67. The molecule has 0 amide bonds. The minimum atomic E-state index is -2.76. The first-order valence-corrected chi connectivity index (χ1v) is 8.88. The van der Waals surface area contributed by atoms with Crippen LogP contribution in [0.2, 0.25) is 5.02 Å². The van der Waals surface area contributed by atoms with Gasteiger partial charge in [-0.2, -0.15) is 0 Å². The molecule has 3 aromatic rings. The van der Waals surface area contributed by atoms with E-state index in [1.54, 1.807) is 12.1 Å². The van der Waals surface area contributed by atoms with Gasteiger partial charge < -0.3 is 5.32 Å². The van der Waals surface area contributed by atoms with Crippen molar-refractivity contribution >= 4 is 17.4 Å². The Morgan fingerprint density at radius 1 is 1.00 bits per heavy atom. The van der Waals surface area contributed by atoms with Gasteiger partial charge in [0.2, 0.25) is 0 Å². The van der Waals surface area contributed by atoms with Crippen LogP contribution < -0.4 is 5.32 Å². The second-order valence-corrected chi connectivity index (χ2v) is 7.06. The van der Waals surface area contributed by atoms with Crippen molar-refractivity contribution in [3.05, 3.63) is 76.1 Å². The third-order valence-corrected chi connectivity index (χ3v) is 4.94. The molecule has 0 saturated carbocycles. The molecule has 1 aliphatic rings. The van der Waals surface area contributed by atoms with Crippen molar-refractivity contribution in [1.29, 1.82) is 0 Å². The number of hydrogen-bond donors (Lipinski definition) is 1. The van der Waals surface area contributed by atoms with E-state index >= 15 is 0 Å². The molecular weight excluding hydrogens is 394 g/mol. The van der Waals surface area contributed by atoms with Gasteiger partial charge in [-0.15, -0.1) is 0 Å². The number of hydrogen-bond acceptors (Lipinski definition) is 3. The molecule has 0 spiro atoms. The molecule has 4 rings (SSSR count). The fourth-order valence-electron chi connectivity index (χ4n) is 3.24. The molecule has 2 aromatic carbocycles. The standard InChI is InChI=1S/C20H14ClF4N3/c21-15-5-12-7-20(24,25)6-11(12)4-13(15)18-9-28-19(10-26-18)27-8-14-16(22)2-1-3-17(14)23/h1-5,9-10H,6-8H2,(H,27,28). The summed E-state index contributed by atoms with van der Waals surface area (Å²) in [5.74, 6) is -3.75. The van der Waals surface area contributed by atoms with Crippen LogP contribution in [-0.4, -0.2) is 15.9 Å². The minimum Gasteiger partial charge on any atom is -0.364 e. The zero-order valence-corrected chi connectivity index (χ0v) is 15.2. The quantitative estimate of drug-likeness (QED) is 0.587. The summed E-state index contributed by atoms with van der Waals surface area (Å²) >= 11 is 6.24. The Bertz CT molecular complexity index is 1020. The average Bonchev–Trinajstić information content (AvgIpc) is 2.94. The molecule has 0 saturated heterocycles. The number of aromatic nitrogens is 2. The number of rotatable bonds is 4. The molecule has 1 aromatic heterocycles. The topological polar surface area (TPSA) is 37.8 Å². The van der Waals surface area contributed by atoms with Gasteiger partial charge in [-0.3, -0.25) is 4.98 Å². The fraction of sp³-hybridized carbons (Fsp3) is 0.200. The van der Waals surface area contributed by atoms with Gasteiger partial charge >= 0.3 is 0 Å². The maximum atomic E-state index is 13.7. The Labute approximate surface area is 163 Å². The van der Waals surface area contributed by atoms with Gasteiger partial charge in [0.15, 0.2) is 0 Å². The summed E-state index contributed by atoms with van der Waals surface area (Å²) in [6, 6.07) is 6.80. The van der Waals surface area contributed by atoms with E-state index < -0.39 is 17.6 Å². The number of halogens is 5. The first-order chi connectivity index (χ1) is 13.3. The van der Waals surface area contributed by atoms with E-state index in [1.165, 1.54) is 30.6 Å². The molecule has 28 heavy (non-hydrogen) atoms. The molecule has 1 aliphatic carbocycles. The molecule has 0 aliphatic heterocycles. The molecule has 1 heterocycles. The highest BCUT2D eigenvalue weighted by molar-refractivity contribution is 6.33. The highest BCUT2D eigenvalue weighted by Crippen LogP contribution is 2.39. The highest BCUT2D eigenvalue weighted by atomic mass is 35.5. The van der Waals surface area contributed by atoms with Crippen molar-refractivity contribution in [2.75, 3.05) is 5.32 Å². The van der Waals surface area contributed by atoms with Crippen LogP contribution in [0, 0.1) is 11.6 Å². The van der Waals surface area contributed by atoms with E-state index in [2.05, 4.69) is 15.3 Å². The molecule has 0 unspecified atom stereocenters. The minimum absolute atomic E-state index is 0.0960. The van der Waals surface area contributed by atoms with Crippen LogP contribution >= 0.6 is 11.6 Å². The normalized spacial score (nSPS) is 14.8. The van der Waals surface area contributed by atoms with E-state index in [1.807, 2.05) is 0 Å². The molecule has 1 N–H and O–H groups in total. The smallest absolute Gasteiger partial charge is 0.256 e. The van der Waals surface area contributed by atoms with Gasteiger partial charge in [0.05, 0.1) is 23.1 Å². The zero-order chi connectivity index (χ0) is 19.9. The Kier molecular flexibility index (Phi) is 4.71. The van der Waals surface area contributed by atoms with Gasteiger partial charge in [0, 0.05) is 30.5 Å². The number of alkyl halides is 2. The average molecular weight is 408 g/mol. The lowest BCUT2D eigenvalue weighted by Crippen LogP contribution is -2.14. The van der Waals surface area contributed by atoms with E-state index in [0.717, 1.165) is 0 Å². The first kappa shape index (κ1) is 18.7.